The average Bonchev–Trinajstić information content (AvgIpc) is 3.23. The molecule has 0 radical (unpaired) electrons. The maximum atomic E-state index is 12.6. The van der Waals surface area contributed by atoms with Crippen molar-refractivity contribution in [2.24, 2.45) is 5.92 Å². The van der Waals surface area contributed by atoms with Crippen molar-refractivity contribution in [3.63, 3.8) is 0 Å². The summed E-state index contributed by atoms with van der Waals surface area (Å²) in [5.41, 5.74) is 5.64. The summed E-state index contributed by atoms with van der Waals surface area (Å²) in [6.45, 7) is 6.79. The number of carbonyl (C=O) groups is 2. The molecule has 2 aromatic carbocycles. The molecule has 5 nitrogen and oxygen atoms in total. The van der Waals surface area contributed by atoms with Gasteiger partial charge in [-0.2, -0.15) is 0 Å². The van der Waals surface area contributed by atoms with E-state index in [2.05, 4.69) is 30.4 Å². The summed E-state index contributed by atoms with van der Waals surface area (Å²) in [4.78, 5) is 28.7. The largest absolute Gasteiger partial charge is 0.338 e. The maximum absolute atomic E-state index is 12.6. The number of hydrogen-bond acceptors (Lipinski definition) is 2. The SMILES string of the molecule is CCC(C)C(=O)N1CC=C(c2ccc(NC(=O)N3Cc4ccccc4C3)cc2)CC1. The van der Waals surface area contributed by atoms with Gasteiger partial charge in [-0.1, -0.05) is 56.3 Å². The van der Waals surface area contributed by atoms with Gasteiger partial charge in [0, 0.05) is 37.8 Å². The van der Waals surface area contributed by atoms with Crippen molar-refractivity contribution in [2.45, 2.75) is 39.8 Å². The first kappa shape index (κ1) is 20.2. The van der Waals surface area contributed by atoms with Crippen molar-refractivity contribution >= 4 is 23.2 Å². The maximum Gasteiger partial charge on any atom is 0.322 e. The summed E-state index contributed by atoms with van der Waals surface area (Å²) < 4.78 is 0. The van der Waals surface area contributed by atoms with Gasteiger partial charge < -0.3 is 15.1 Å². The van der Waals surface area contributed by atoms with Crippen LogP contribution in [0.3, 0.4) is 0 Å². The summed E-state index contributed by atoms with van der Waals surface area (Å²) in [6.07, 6.45) is 3.89. The third-order valence-electron chi connectivity index (χ3n) is 6.19. The van der Waals surface area contributed by atoms with Crippen molar-refractivity contribution in [3.8, 4) is 0 Å². The summed E-state index contributed by atoms with van der Waals surface area (Å²) in [7, 11) is 0. The molecule has 0 saturated carbocycles. The average molecular weight is 404 g/mol. The lowest BCUT2D eigenvalue weighted by atomic mass is 9.98. The highest BCUT2D eigenvalue weighted by atomic mass is 16.2. The number of anilines is 1. The molecule has 3 amide bonds. The van der Waals surface area contributed by atoms with Crippen molar-refractivity contribution in [1.82, 2.24) is 9.80 Å². The predicted molar refractivity (Wildman–Crippen MR) is 120 cm³/mol. The van der Waals surface area contributed by atoms with E-state index < -0.39 is 0 Å². The molecule has 1 unspecified atom stereocenters. The Kier molecular flexibility index (Phi) is 5.88. The molecule has 5 heteroatoms. The van der Waals surface area contributed by atoms with Gasteiger partial charge in [-0.3, -0.25) is 4.79 Å². The van der Waals surface area contributed by atoms with E-state index in [4.69, 9.17) is 0 Å². The van der Waals surface area contributed by atoms with Gasteiger partial charge in [-0.15, -0.1) is 0 Å². The molecule has 0 spiro atoms. The molecule has 2 aromatic rings. The third-order valence-corrected chi connectivity index (χ3v) is 6.19. The Labute approximate surface area is 178 Å². The topological polar surface area (TPSA) is 52.7 Å². The van der Waals surface area contributed by atoms with E-state index in [1.165, 1.54) is 16.7 Å². The van der Waals surface area contributed by atoms with Crippen molar-refractivity contribution in [3.05, 3.63) is 71.3 Å². The van der Waals surface area contributed by atoms with Crippen LogP contribution in [0.25, 0.3) is 5.57 Å². The fourth-order valence-electron chi connectivity index (χ4n) is 4.06. The van der Waals surface area contributed by atoms with Gasteiger partial charge in [0.2, 0.25) is 5.91 Å². The molecule has 0 saturated heterocycles. The first-order valence-corrected chi connectivity index (χ1v) is 10.8. The highest BCUT2D eigenvalue weighted by Gasteiger charge is 2.23. The van der Waals surface area contributed by atoms with E-state index >= 15 is 0 Å². The second-order valence-corrected chi connectivity index (χ2v) is 8.21. The van der Waals surface area contributed by atoms with Gasteiger partial charge >= 0.3 is 6.03 Å². The monoisotopic (exact) mass is 403 g/mol. The Bertz CT molecular complexity index is 940. The first-order valence-electron chi connectivity index (χ1n) is 10.8. The van der Waals surface area contributed by atoms with Crippen LogP contribution in [0.5, 0.6) is 0 Å². The lowest BCUT2D eigenvalue weighted by molar-refractivity contribution is -0.134. The molecule has 2 aliphatic heterocycles. The number of rotatable bonds is 4. The van der Waals surface area contributed by atoms with E-state index in [1.807, 2.05) is 53.1 Å². The van der Waals surface area contributed by atoms with Crippen LogP contribution in [0.1, 0.15) is 43.4 Å². The summed E-state index contributed by atoms with van der Waals surface area (Å²) in [5, 5.41) is 3.00. The smallest absolute Gasteiger partial charge is 0.322 e. The van der Waals surface area contributed by atoms with Crippen LogP contribution in [0.2, 0.25) is 0 Å². The summed E-state index contributed by atoms with van der Waals surface area (Å²) in [6, 6.07) is 16.1. The van der Waals surface area contributed by atoms with E-state index in [1.54, 1.807) is 0 Å². The Morgan fingerprint density at radius 1 is 1.00 bits per heavy atom. The Morgan fingerprint density at radius 2 is 1.67 bits per heavy atom. The number of fused-ring (bicyclic) bond motifs is 1. The van der Waals surface area contributed by atoms with Gasteiger partial charge in [0.25, 0.3) is 0 Å². The van der Waals surface area contributed by atoms with Crippen LogP contribution in [-0.2, 0) is 17.9 Å². The van der Waals surface area contributed by atoms with Gasteiger partial charge in [0.1, 0.15) is 0 Å². The van der Waals surface area contributed by atoms with Crippen LogP contribution in [0.4, 0.5) is 10.5 Å². The Balaban J connectivity index is 1.34. The molecular formula is C25H29N3O2. The van der Waals surface area contributed by atoms with Crippen molar-refractivity contribution in [1.29, 1.82) is 0 Å². The van der Waals surface area contributed by atoms with Crippen molar-refractivity contribution < 1.29 is 9.59 Å². The molecule has 2 heterocycles. The zero-order valence-corrected chi connectivity index (χ0v) is 17.7. The van der Waals surface area contributed by atoms with E-state index in [0.29, 0.717) is 19.6 Å². The molecule has 1 atom stereocenters. The molecular weight excluding hydrogens is 374 g/mol. The quantitative estimate of drug-likeness (QED) is 0.790. The zero-order chi connectivity index (χ0) is 21.1. The molecule has 0 aliphatic carbocycles. The highest BCUT2D eigenvalue weighted by molar-refractivity contribution is 5.90. The molecule has 156 valence electrons. The molecule has 4 rings (SSSR count). The number of benzene rings is 2. The Morgan fingerprint density at radius 3 is 2.23 bits per heavy atom. The molecule has 0 fully saturated rings. The van der Waals surface area contributed by atoms with E-state index in [9.17, 15) is 9.59 Å². The fourth-order valence-corrected chi connectivity index (χ4v) is 4.06. The van der Waals surface area contributed by atoms with Crippen molar-refractivity contribution in [2.75, 3.05) is 18.4 Å². The normalized spacial score (nSPS) is 16.7. The van der Waals surface area contributed by atoms with Gasteiger partial charge in [0.15, 0.2) is 0 Å². The second kappa shape index (κ2) is 8.74. The molecule has 1 N–H and O–H groups in total. The number of nitrogens with zero attached hydrogens (tertiary/aromatic N) is 2. The number of hydrogen-bond donors (Lipinski definition) is 1. The van der Waals surface area contributed by atoms with E-state index in [-0.39, 0.29) is 17.9 Å². The standard InChI is InChI=1S/C25H29N3O2/c1-3-18(2)24(29)27-14-12-20(13-15-27)19-8-10-23(11-9-19)26-25(30)28-16-21-6-4-5-7-22(21)17-28/h4-12,18H,3,13-17H2,1-2H3,(H,26,30). The van der Waals surface area contributed by atoms with Crippen LogP contribution in [0.15, 0.2) is 54.6 Å². The Hall–Kier alpha value is -3.08. The number of carbonyl (C=O) groups excluding carboxylic acids is 2. The second-order valence-electron chi connectivity index (χ2n) is 8.21. The minimum absolute atomic E-state index is 0.0740. The third kappa shape index (κ3) is 4.25. The van der Waals surface area contributed by atoms with Crippen LogP contribution in [-0.4, -0.2) is 34.8 Å². The summed E-state index contributed by atoms with van der Waals surface area (Å²) >= 11 is 0. The number of urea groups is 1. The molecule has 0 aromatic heterocycles. The first-order chi connectivity index (χ1) is 14.5. The molecule has 30 heavy (non-hydrogen) atoms. The van der Waals surface area contributed by atoms with Gasteiger partial charge in [0.05, 0.1) is 0 Å². The molecule has 2 aliphatic rings. The summed E-state index contributed by atoms with van der Waals surface area (Å²) in [5.74, 6) is 0.334. The lowest BCUT2D eigenvalue weighted by Crippen LogP contribution is -2.37. The predicted octanol–water partition coefficient (Wildman–Crippen LogP) is 4.90. The van der Waals surface area contributed by atoms with Gasteiger partial charge in [-0.25, -0.2) is 4.79 Å². The lowest BCUT2D eigenvalue weighted by Gasteiger charge is -2.29. The number of nitrogens with one attached hydrogen (secondary N) is 1. The van der Waals surface area contributed by atoms with Crippen LogP contribution >= 0.6 is 0 Å². The fraction of sp³-hybridized carbons (Fsp3) is 0.360. The zero-order valence-electron chi connectivity index (χ0n) is 17.7. The minimum atomic E-state index is -0.0740. The van der Waals surface area contributed by atoms with Crippen LogP contribution in [0, 0.1) is 5.92 Å². The number of amides is 3. The molecule has 0 bridgehead atoms. The highest BCUT2D eigenvalue weighted by Crippen LogP contribution is 2.26. The minimum Gasteiger partial charge on any atom is -0.338 e. The van der Waals surface area contributed by atoms with Gasteiger partial charge in [-0.05, 0) is 47.2 Å². The van der Waals surface area contributed by atoms with E-state index in [0.717, 1.165) is 30.6 Å². The van der Waals surface area contributed by atoms with Crippen LogP contribution < -0.4 is 5.32 Å².